The van der Waals surface area contributed by atoms with Gasteiger partial charge in [0, 0.05) is 24.2 Å². The maximum Gasteiger partial charge on any atom is 0.233 e. The van der Waals surface area contributed by atoms with Crippen LogP contribution in [0.4, 0.5) is 0 Å². The van der Waals surface area contributed by atoms with Crippen LogP contribution in [0.1, 0.15) is 39.1 Å². The average molecular weight is 419 g/mol. The molecule has 3 aromatic rings. The van der Waals surface area contributed by atoms with Gasteiger partial charge in [-0.15, -0.1) is 0 Å². The minimum atomic E-state index is 0.224. The molecule has 1 atom stereocenters. The quantitative estimate of drug-likeness (QED) is 0.481. The molecular weight excluding hydrogens is 388 g/mol. The van der Waals surface area contributed by atoms with E-state index < -0.39 is 0 Å². The van der Waals surface area contributed by atoms with Crippen molar-refractivity contribution in [1.29, 1.82) is 0 Å². The van der Waals surface area contributed by atoms with Gasteiger partial charge in [-0.25, -0.2) is 4.99 Å². The van der Waals surface area contributed by atoms with Gasteiger partial charge in [0.2, 0.25) is 5.90 Å². The molecule has 1 aliphatic heterocycles. The molecule has 30 heavy (non-hydrogen) atoms. The third-order valence-electron chi connectivity index (χ3n) is 5.63. The van der Waals surface area contributed by atoms with Crippen molar-refractivity contribution < 1.29 is 4.74 Å². The van der Waals surface area contributed by atoms with E-state index in [0.29, 0.717) is 6.61 Å². The Morgan fingerprint density at radius 2 is 1.73 bits per heavy atom. The molecule has 0 fully saturated rings. The molecule has 156 valence electrons. The first-order valence-electron chi connectivity index (χ1n) is 10.6. The summed E-state index contributed by atoms with van der Waals surface area (Å²) in [7, 11) is 0. The molecular formula is C26H30N2OS. The fourth-order valence-electron chi connectivity index (χ4n) is 4.01. The number of hydrogen-bond donors (Lipinski definition) is 0. The van der Waals surface area contributed by atoms with Crippen LogP contribution in [0.25, 0.3) is 0 Å². The number of aromatic nitrogens is 1. The summed E-state index contributed by atoms with van der Waals surface area (Å²) in [5.41, 5.74) is 9.12. The van der Waals surface area contributed by atoms with Gasteiger partial charge in [0.1, 0.15) is 12.3 Å². The summed E-state index contributed by atoms with van der Waals surface area (Å²) in [4.78, 5) is 4.89. The third-order valence-corrected chi connectivity index (χ3v) is 6.79. The van der Waals surface area contributed by atoms with Crippen molar-refractivity contribution in [3.63, 3.8) is 0 Å². The highest BCUT2D eigenvalue weighted by Crippen LogP contribution is 2.22. The Hall–Kier alpha value is -2.46. The van der Waals surface area contributed by atoms with E-state index in [0.717, 1.165) is 29.6 Å². The number of aliphatic imine (C=N–C) groups is 1. The zero-order chi connectivity index (χ0) is 21.1. The number of benzene rings is 2. The second-order valence-electron chi connectivity index (χ2n) is 8.30. The predicted molar refractivity (Wildman–Crippen MR) is 128 cm³/mol. The highest BCUT2D eigenvalue weighted by molar-refractivity contribution is 7.98. The molecule has 3 nitrogen and oxygen atoms in total. The van der Waals surface area contributed by atoms with Crippen molar-refractivity contribution in [1.82, 2.24) is 4.57 Å². The van der Waals surface area contributed by atoms with Crippen LogP contribution in [0, 0.1) is 27.7 Å². The number of nitrogens with zero attached hydrogens (tertiary/aromatic N) is 2. The molecule has 1 aliphatic rings. The Bertz CT molecular complexity index is 1030. The molecule has 4 rings (SSSR count). The molecule has 1 aromatic heterocycles. The third kappa shape index (κ3) is 4.81. The van der Waals surface area contributed by atoms with Crippen molar-refractivity contribution >= 4 is 17.7 Å². The monoisotopic (exact) mass is 418 g/mol. The molecule has 0 spiro atoms. The summed E-state index contributed by atoms with van der Waals surface area (Å²) in [5.74, 6) is 2.78. The van der Waals surface area contributed by atoms with Gasteiger partial charge in [0.05, 0.1) is 6.04 Å². The van der Waals surface area contributed by atoms with Crippen LogP contribution in [-0.4, -0.2) is 28.9 Å². The van der Waals surface area contributed by atoms with Crippen molar-refractivity contribution in [2.45, 2.75) is 46.0 Å². The zero-order valence-electron chi connectivity index (χ0n) is 18.3. The van der Waals surface area contributed by atoms with Gasteiger partial charge in [0.15, 0.2) is 0 Å². The van der Waals surface area contributed by atoms with E-state index in [1.165, 1.54) is 33.4 Å². The van der Waals surface area contributed by atoms with Gasteiger partial charge in [-0.05, 0) is 62.1 Å². The van der Waals surface area contributed by atoms with Crippen molar-refractivity contribution in [2.24, 2.45) is 4.99 Å². The topological polar surface area (TPSA) is 26.5 Å². The predicted octanol–water partition coefficient (Wildman–Crippen LogP) is 5.85. The summed E-state index contributed by atoms with van der Waals surface area (Å²) in [5, 5.41) is 0. The van der Waals surface area contributed by atoms with Crippen LogP contribution in [0.15, 0.2) is 59.7 Å². The lowest BCUT2D eigenvalue weighted by Crippen LogP contribution is -2.12. The molecule has 0 bridgehead atoms. The fraction of sp³-hybridized carbons (Fsp3) is 0.346. The normalized spacial score (nSPS) is 15.9. The highest BCUT2D eigenvalue weighted by atomic mass is 32.2. The Labute approximate surface area is 184 Å². The minimum absolute atomic E-state index is 0.224. The maximum absolute atomic E-state index is 6.00. The Kier molecular flexibility index (Phi) is 6.33. The van der Waals surface area contributed by atoms with E-state index in [1.807, 2.05) is 11.8 Å². The lowest BCUT2D eigenvalue weighted by molar-refractivity contribution is 0.323. The van der Waals surface area contributed by atoms with E-state index in [9.17, 15) is 0 Å². The maximum atomic E-state index is 6.00. The Morgan fingerprint density at radius 1 is 1.00 bits per heavy atom. The van der Waals surface area contributed by atoms with Crippen molar-refractivity contribution in [3.05, 3.63) is 93.8 Å². The fourth-order valence-corrected chi connectivity index (χ4v) is 5.00. The molecule has 0 radical (unpaired) electrons. The number of ether oxygens (including phenoxy) is 1. The van der Waals surface area contributed by atoms with Gasteiger partial charge in [0.25, 0.3) is 0 Å². The Balaban J connectivity index is 1.41. The van der Waals surface area contributed by atoms with Gasteiger partial charge in [-0.1, -0.05) is 47.5 Å². The first-order valence-corrected chi connectivity index (χ1v) is 11.7. The number of rotatable bonds is 7. The molecule has 0 amide bonds. The average Bonchev–Trinajstić information content (AvgIpc) is 3.35. The number of hydrogen-bond acceptors (Lipinski definition) is 3. The molecule has 0 saturated heterocycles. The first-order chi connectivity index (χ1) is 14.5. The van der Waals surface area contributed by atoms with Crippen LogP contribution in [-0.2, 0) is 17.0 Å². The summed E-state index contributed by atoms with van der Waals surface area (Å²) in [6.07, 6.45) is 2.12. The van der Waals surface area contributed by atoms with E-state index in [-0.39, 0.29) is 6.04 Å². The number of thioether (sulfide) groups is 1. The van der Waals surface area contributed by atoms with Crippen LogP contribution in [0.2, 0.25) is 0 Å². The molecule has 0 aliphatic carbocycles. The van der Waals surface area contributed by atoms with Crippen molar-refractivity contribution in [3.8, 4) is 0 Å². The largest absolute Gasteiger partial charge is 0.474 e. The lowest BCUT2D eigenvalue weighted by Gasteiger charge is -2.14. The summed E-state index contributed by atoms with van der Waals surface area (Å²) >= 11 is 1.93. The second kappa shape index (κ2) is 9.13. The molecule has 0 N–H and O–H groups in total. The van der Waals surface area contributed by atoms with E-state index >= 15 is 0 Å². The minimum Gasteiger partial charge on any atom is -0.474 e. The van der Waals surface area contributed by atoms with Gasteiger partial charge in [-0.2, -0.15) is 11.8 Å². The summed E-state index contributed by atoms with van der Waals surface area (Å²) in [6, 6.07) is 17.7. The lowest BCUT2D eigenvalue weighted by atomic mass is 10.00. The van der Waals surface area contributed by atoms with Crippen LogP contribution in [0.5, 0.6) is 0 Å². The van der Waals surface area contributed by atoms with E-state index in [1.54, 1.807) is 0 Å². The van der Waals surface area contributed by atoms with E-state index in [2.05, 4.69) is 87.0 Å². The summed E-state index contributed by atoms with van der Waals surface area (Å²) in [6.45, 7) is 10.2. The standard InChI is InChI=1S/C26H30N2OS/c1-18-7-9-22(10-8-18)16-30-17-23-15-29-26(27-23)25-6-5-11-28(25)14-24-20(3)12-19(2)13-21(24)4/h5-13,23H,14-17H2,1-4H3. The smallest absolute Gasteiger partial charge is 0.233 e. The van der Waals surface area contributed by atoms with Crippen LogP contribution in [0.3, 0.4) is 0 Å². The molecule has 0 saturated carbocycles. The van der Waals surface area contributed by atoms with Crippen LogP contribution >= 0.6 is 11.8 Å². The highest BCUT2D eigenvalue weighted by Gasteiger charge is 2.22. The Morgan fingerprint density at radius 3 is 2.47 bits per heavy atom. The van der Waals surface area contributed by atoms with Crippen LogP contribution < -0.4 is 0 Å². The second-order valence-corrected chi connectivity index (χ2v) is 9.33. The van der Waals surface area contributed by atoms with E-state index in [4.69, 9.17) is 9.73 Å². The van der Waals surface area contributed by atoms with Crippen molar-refractivity contribution in [2.75, 3.05) is 12.4 Å². The van der Waals surface area contributed by atoms with Gasteiger partial charge >= 0.3 is 0 Å². The summed E-state index contributed by atoms with van der Waals surface area (Å²) < 4.78 is 8.26. The molecule has 1 unspecified atom stereocenters. The van der Waals surface area contributed by atoms with Gasteiger partial charge in [-0.3, -0.25) is 0 Å². The molecule has 4 heteroatoms. The number of aryl methyl sites for hydroxylation is 4. The first kappa shape index (κ1) is 20.8. The van der Waals surface area contributed by atoms with Gasteiger partial charge < -0.3 is 9.30 Å². The molecule has 2 heterocycles. The molecule has 2 aromatic carbocycles. The SMILES string of the molecule is Cc1ccc(CSCC2COC(c3cccn3Cc3c(C)cc(C)cc3C)=N2)cc1. The zero-order valence-corrected chi connectivity index (χ0v) is 19.1.